The summed E-state index contributed by atoms with van der Waals surface area (Å²) in [4.78, 5) is 17.5. The number of piperidine rings is 2. The molecule has 0 aromatic heterocycles. The van der Waals surface area contributed by atoms with Crippen LogP contribution in [0.4, 0.5) is 5.69 Å². The van der Waals surface area contributed by atoms with E-state index >= 15 is 0 Å². The summed E-state index contributed by atoms with van der Waals surface area (Å²) in [7, 11) is -3.47. The summed E-state index contributed by atoms with van der Waals surface area (Å²) in [5, 5.41) is 0. The Labute approximate surface area is 180 Å². The minimum Gasteiger partial charge on any atom is -0.312 e. The van der Waals surface area contributed by atoms with Crippen LogP contribution in [0.15, 0.2) is 23.1 Å². The van der Waals surface area contributed by atoms with Crippen LogP contribution in [-0.2, 0) is 21.2 Å². The van der Waals surface area contributed by atoms with Crippen molar-refractivity contribution in [3.8, 4) is 0 Å². The maximum atomic E-state index is 13.3. The van der Waals surface area contributed by atoms with Crippen LogP contribution in [0.2, 0.25) is 0 Å². The number of hydrogen-bond donors (Lipinski definition) is 0. The highest BCUT2D eigenvalue weighted by Crippen LogP contribution is 2.36. The first-order chi connectivity index (χ1) is 14.5. The van der Waals surface area contributed by atoms with Crippen LogP contribution >= 0.6 is 0 Å². The van der Waals surface area contributed by atoms with Crippen molar-refractivity contribution in [1.29, 1.82) is 0 Å². The highest BCUT2D eigenvalue weighted by atomic mass is 32.2. The first kappa shape index (κ1) is 20.5. The Morgan fingerprint density at radius 1 is 0.867 bits per heavy atom. The monoisotopic (exact) mass is 431 g/mol. The molecule has 2 saturated heterocycles. The molecule has 3 heterocycles. The van der Waals surface area contributed by atoms with Crippen molar-refractivity contribution in [3.63, 3.8) is 0 Å². The molecule has 1 amide bonds. The van der Waals surface area contributed by atoms with E-state index in [-0.39, 0.29) is 11.8 Å². The highest BCUT2D eigenvalue weighted by molar-refractivity contribution is 7.89. The van der Waals surface area contributed by atoms with Crippen LogP contribution in [0, 0.1) is 5.92 Å². The Hall–Kier alpha value is -1.44. The number of nitrogens with zero attached hydrogens (tertiary/aromatic N) is 3. The molecule has 3 aliphatic heterocycles. The van der Waals surface area contributed by atoms with Gasteiger partial charge in [0.25, 0.3) is 0 Å². The first-order valence-electron chi connectivity index (χ1n) is 11.7. The molecule has 1 aliphatic carbocycles. The Bertz CT molecular complexity index is 898. The van der Waals surface area contributed by atoms with Gasteiger partial charge in [0, 0.05) is 37.3 Å². The molecule has 0 unspecified atom stereocenters. The number of likely N-dealkylation sites (tertiary alicyclic amines) is 1. The summed E-state index contributed by atoms with van der Waals surface area (Å²) >= 11 is 0. The molecule has 30 heavy (non-hydrogen) atoms. The molecule has 0 bridgehead atoms. The predicted octanol–water partition coefficient (Wildman–Crippen LogP) is 3.01. The van der Waals surface area contributed by atoms with Gasteiger partial charge in [-0.15, -0.1) is 0 Å². The molecular formula is C23H33N3O3S. The molecule has 7 heteroatoms. The second-order valence-electron chi connectivity index (χ2n) is 9.39. The van der Waals surface area contributed by atoms with Crippen LogP contribution in [0.3, 0.4) is 0 Å². The fraction of sp³-hybridized carbons (Fsp3) is 0.696. The fourth-order valence-electron chi connectivity index (χ4n) is 5.52. The predicted molar refractivity (Wildman–Crippen MR) is 117 cm³/mol. The number of sulfonamides is 1. The topological polar surface area (TPSA) is 60.9 Å². The first-order valence-corrected chi connectivity index (χ1v) is 13.2. The molecule has 0 atom stereocenters. The van der Waals surface area contributed by atoms with Crippen LogP contribution in [0.5, 0.6) is 0 Å². The van der Waals surface area contributed by atoms with Crippen molar-refractivity contribution in [2.24, 2.45) is 5.92 Å². The zero-order valence-electron chi connectivity index (χ0n) is 17.8. The number of hydrogen-bond acceptors (Lipinski definition) is 4. The molecule has 0 radical (unpaired) electrons. The lowest BCUT2D eigenvalue weighted by Crippen LogP contribution is -2.48. The molecule has 5 rings (SSSR count). The van der Waals surface area contributed by atoms with E-state index in [1.165, 1.54) is 19.3 Å². The third-order valence-electron chi connectivity index (χ3n) is 7.64. The van der Waals surface area contributed by atoms with Crippen molar-refractivity contribution in [3.05, 3.63) is 23.8 Å². The van der Waals surface area contributed by atoms with Crippen LogP contribution in [-0.4, -0.2) is 62.3 Å². The van der Waals surface area contributed by atoms with Crippen molar-refractivity contribution >= 4 is 21.6 Å². The molecule has 0 spiro atoms. The lowest BCUT2D eigenvalue weighted by molar-refractivity contribution is -0.124. The van der Waals surface area contributed by atoms with Crippen molar-refractivity contribution in [1.82, 2.24) is 9.21 Å². The summed E-state index contributed by atoms with van der Waals surface area (Å²) < 4.78 is 28.2. The van der Waals surface area contributed by atoms with Gasteiger partial charge < -0.3 is 9.80 Å². The summed E-state index contributed by atoms with van der Waals surface area (Å²) in [6, 6.07) is 5.90. The van der Waals surface area contributed by atoms with E-state index in [9.17, 15) is 13.2 Å². The molecule has 6 nitrogen and oxygen atoms in total. The van der Waals surface area contributed by atoms with Gasteiger partial charge >= 0.3 is 0 Å². The molecule has 1 aromatic rings. The molecule has 1 aromatic carbocycles. The summed E-state index contributed by atoms with van der Waals surface area (Å²) in [6.45, 7) is 4.21. The Morgan fingerprint density at radius 2 is 1.60 bits per heavy atom. The van der Waals surface area contributed by atoms with Gasteiger partial charge in [0.2, 0.25) is 15.9 Å². The SMILES string of the molecule is O=C(C1CCC1)N1CCc2cc(S(=O)(=O)N3CCC(N4CCCCC4)CC3)ccc21. The minimum absolute atomic E-state index is 0.167. The second kappa shape index (κ2) is 8.24. The van der Waals surface area contributed by atoms with Gasteiger partial charge in [0.05, 0.1) is 4.90 Å². The van der Waals surface area contributed by atoms with Crippen LogP contribution in [0.1, 0.15) is 56.9 Å². The average Bonchev–Trinajstić information content (AvgIpc) is 3.16. The summed E-state index contributed by atoms with van der Waals surface area (Å²) in [5.41, 5.74) is 1.90. The largest absolute Gasteiger partial charge is 0.312 e. The maximum absolute atomic E-state index is 13.3. The number of fused-ring (bicyclic) bond motifs is 1. The van der Waals surface area contributed by atoms with E-state index < -0.39 is 10.0 Å². The molecule has 3 fully saturated rings. The molecule has 0 N–H and O–H groups in total. The van der Waals surface area contributed by atoms with Gasteiger partial charge in [-0.05, 0) is 81.8 Å². The van der Waals surface area contributed by atoms with Gasteiger partial charge in [-0.2, -0.15) is 4.31 Å². The lowest BCUT2D eigenvalue weighted by Gasteiger charge is -2.39. The summed E-state index contributed by atoms with van der Waals surface area (Å²) in [5.74, 6) is 0.385. The Morgan fingerprint density at radius 3 is 2.27 bits per heavy atom. The molecular weight excluding hydrogens is 398 g/mol. The number of benzene rings is 1. The van der Waals surface area contributed by atoms with Crippen molar-refractivity contribution in [2.75, 3.05) is 37.6 Å². The number of amides is 1. The lowest BCUT2D eigenvalue weighted by atomic mass is 9.84. The molecule has 1 saturated carbocycles. The number of carbonyl (C=O) groups excluding carboxylic acids is 1. The third kappa shape index (κ3) is 3.69. The van der Waals surface area contributed by atoms with Gasteiger partial charge in [0.1, 0.15) is 0 Å². The van der Waals surface area contributed by atoms with Crippen LogP contribution < -0.4 is 4.90 Å². The summed E-state index contributed by atoms with van der Waals surface area (Å²) in [6.07, 6.45) is 9.58. The molecule has 164 valence electrons. The number of anilines is 1. The zero-order chi connectivity index (χ0) is 20.7. The zero-order valence-corrected chi connectivity index (χ0v) is 18.6. The van der Waals surface area contributed by atoms with E-state index in [2.05, 4.69) is 4.90 Å². The van der Waals surface area contributed by atoms with Crippen LogP contribution in [0.25, 0.3) is 0 Å². The normalized spacial score (nSPS) is 24.6. The van der Waals surface area contributed by atoms with E-state index in [0.29, 0.717) is 30.6 Å². The van der Waals surface area contributed by atoms with Crippen molar-refractivity contribution < 1.29 is 13.2 Å². The molecule has 4 aliphatic rings. The van der Waals surface area contributed by atoms with E-state index in [1.807, 2.05) is 17.0 Å². The Balaban J connectivity index is 1.27. The van der Waals surface area contributed by atoms with Gasteiger partial charge in [-0.25, -0.2) is 8.42 Å². The van der Waals surface area contributed by atoms with Crippen molar-refractivity contribution in [2.45, 2.75) is 68.7 Å². The fourth-order valence-corrected chi connectivity index (χ4v) is 7.04. The smallest absolute Gasteiger partial charge is 0.243 e. The van der Waals surface area contributed by atoms with Gasteiger partial charge in [0.15, 0.2) is 0 Å². The van der Waals surface area contributed by atoms with E-state index in [1.54, 1.807) is 10.4 Å². The average molecular weight is 432 g/mol. The quantitative estimate of drug-likeness (QED) is 0.735. The standard InChI is InChI=1S/C23H33N3O3S/c27-23(18-5-4-6-18)26-16-9-19-17-21(7-8-22(19)26)30(28,29)25-14-10-20(11-15-25)24-12-2-1-3-13-24/h7-8,17-18,20H,1-6,9-16H2. The second-order valence-corrected chi connectivity index (χ2v) is 11.3. The number of rotatable bonds is 4. The number of carbonyl (C=O) groups is 1. The minimum atomic E-state index is -3.47. The third-order valence-corrected chi connectivity index (χ3v) is 9.53. The van der Waals surface area contributed by atoms with E-state index in [4.69, 9.17) is 0 Å². The van der Waals surface area contributed by atoms with Gasteiger partial charge in [-0.1, -0.05) is 12.8 Å². The Kier molecular flexibility index (Phi) is 5.62. The van der Waals surface area contributed by atoms with E-state index in [0.717, 1.165) is 62.9 Å². The van der Waals surface area contributed by atoms with Gasteiger partial charge in [-0.3, -0.25) is 4.79 Å². The highest BCUT2D eigenvalue weighted by Gasteiger charge is 2.35. The maximum Gasteiger partial charge on any atom is 0.243 e.